The Balaban J connectivity index is 2.56. The highest BCUT2D eigenvalue weighted by molar-refractivity contribution is 4.99. The molecular formula is C7H10O4. The van der Waals surface area contributed by atoms with Gasteiger partial charge in [-0.2, -0.15) is 0 Å². The van der Waals surface area contributed by atoms with E-state index in [4.69, 9.17) is 26.5 Å². The topological polar surface area (TPSA) is 69.9 Å². The molecule has 0 aromatic rings. The van der Waals surface area contributed by atoms with Crippen molar-refractivity contribution in [2.75, 3.05) is 0 Å². The number of ether oxygens (including phenoxy) is 1. The van der Waals surface area contributed by atoms with E-state index in [0.29, 0.717) is 0 Å². The number of aliphatic hydroxyl groups is 3. The number of terminal acetylenes is 1. The lowest BCUT2D eigenvalue weighted by atomic mass is 10.0. The van der Waals surface area contributed by atoms with Gasteiger partial charge < -0.3 is 20.1 Å². The van der Waals surface area contributed by atoms with Crippen LogP contribution in [0.15, 0.2) is 0 Å². The van der Waals surface area contributed by atoms with E-state index < -0.39 is 24.6 Å². The molecule has 1 aliphatic rings. The van der Waals surface area contributed by atoms with Crippen molar-refractivity contribution in [2.24, 2.45) is 0 Å². The van der Waals surface area contributed by atoms with Gasteiger partial charge in [-0.05, 0) is 0 Å². The second kappa shape index (κ2) is 3.20. The summed E-state index contributed by atoms with van der Waals surface area (Å²) in [4.78, 5) is 0. The predicted octanol–water partition coefficient (Wildman–Crippen LogP) is -1.55. The van der Waals surface area contributed by atoms with Crippen LogP contribution in [-0.4, -0.2) is 39.9 Å². The molecule has 4 atom stereocenters. The average Bonchev–Trinajstić information content (AvgIpc) is 1.99. The lowest BCUT2D eigenvalue weighted by molar-refractivity contribution is -0.235. The summed E-state index contributed by atoms with van der Waals surface area (Å²) in [5, 5.41) is 27.0. The Morgan fingerprint density at radius 1 is 1.36 bits per heavy atom. The van der Waals surface area contributed by atoms with E-state index in [0.717, 1.165) is 0 Å². The SMILES string of the molecule is C#CC1C[C@@H](O)C(O)C(O)O1. The molecule has 3 N–H and O–H groups in total. The third-order valence-electron chi connectivity index (χ3n) is 1.63. The molecule has 0 spiro atoms. The van der Waals surface area contributed by atoms with Gasteiger partial charge >= 0.3 is 0 Å². The van der Waals surface area contributed by atoms with Crippen LogP contribution in [0, 0.1) is 12.3 Å². The molecular weight excluding hydrogens is 148 g/mol. The molecule has 62 valence electrons. The molecule has 0 radical (unpaired) electrons. The van der Waals surface area contributed by atoms with Crippen molar-refractivity contribution >= 4 is 0 Å². The Morgan fingerprint density at radius 2 is 2.00 bits per heavy atom. The first-order chi connectivity index (χ1) is 5.15. The summed E-state index contributed by atoms with van der Waals surface area (Å²) in [6.07, 6.45) is 0.922. The quantitative estimate of drug-likeness (QED) is 0.373. The molecule has 0 bridgehead atoms. The van der Waals surface area contributed by atoms with E-state index in [1.165, 1.54) is 0 Å². The minimum absolute atomic E-state index is 0.161. The molecule has 0 aromatic heterocycles. The van der Waals surface area contributed by atoms with Crippen LogP contribution in [0.2, 0.25) is 0 Å². The van der Waals surface area contributed by atoms with Gasteiger partial charge in [0.15, 0.2) is 6.29 Å². The highest BCUT2D eigenvalue weighted by atomic mass is 16.6. The lowest BCUT2D eigenvalue weighted by Crippen LogP contribution is -2.47. The first-order valence-corrected chi connectivity index (χ1v) is 3.31. The van der Waals surface area contributed by atoms with Crippen LogP contribution >= 0.6 is 0 Å². The van der Waals surface area contributed by atoms with Crippen LogP contribution in [0.1, 0.15) is 6.42 Å². The molecule has 4 heteroatoms. The summed E-state index contributed by atoms with van der Waals surface area (Å²) >= 11 is 0. The van der Waals surface area contributed by atoms with Gasteiger partial charge in [-0.25, -0.2) is 0 Å². The summed E-state index contributed by atoms with van der Waals surface area (Å²) in [7, 11) is 0. The average molecular weight is 158 g/mol. The predicted molar refractivity (Wildman–Crippen MR) is 36.3 cm³/mol. The van der Waals surface area contributed by atoms with Crippen molar-refractivity contribution in [3.63, 3.8) is 0 Å². The van der Waals surface area contributed by atoms with Crippen LogP contribution in [0.25, 0.3) is 0 Å². The summed E-state index contributed by atoms with van der Waals surface area (Å²) in [6, 6.07) is 0. The lowest BCUT2D eigenvalue weighted by Gasteiger charge is -2.31. The molecule has 1 saturated heterocycles. The van der Waals surface area contributed by atoms with Gasteiger partial charge in [-0.15, -0.1) is 6.42 Å². The second-order valence-electron chi connectivity index (χ2n) is 2.48. The number of aliphatic hydroxyl groups excluding tert-OH is 3. The number of hydrogen-bond donors (Lipinski definition) is 3. The maximum atomic E-state index is 9.06. The van der Waals surface area contributed by atoms with Crippen molar-refractivity contribution in [1.82, 2.24) is 0 Å². The van der Waals surface area contributed by atoms with Gasteiger partial charge in [0.05, 0.1) is 6.10 Å². The Hall–Kier alpha value is -0.600. The highest BCUT2D eigenvalue weighted by Gasteiger charge is 2.34. The van der Waals surface area contributed by atoms with Gasteiger partial charge in [-0.1, -0.05) is 5.92 Å². The van der Waals surface area contributed by atoms with Crippen LogP contribution in [0.3, 0.4) is 0 Å². The van der Waals surface area contributed by atoms with E-state index in [1.54, 1.807) is 0 Å². The number of hydrogen-bond acceptors (Lipinski definition) is 4. The first-order valence-electron chi connectivity index (χ1n) is 3.31. The zero-order valence-electron chi connectivity index (χ0n) is 5.84. The minimum atomic E-state index is -1.38. The molecule has 3 unspecified atom stereocenters. The smallest absolute Gasteiger partial charge is 0.184 e. The van der Waals surface area contributed by atoms with Crippen molar-refractivity contribution in [2.45, 2.75) is 31.0 Å². The fourth-order valence-corrected chi connectivity index (χ4v) is 0.960. The van der Waals surface area contributed by atoms with E-state index in [2.05, 4.69) is 5.92 Å². The molecule has 0 aliphatic carbocycles. The van der Waals surface area contributed by atoms with Crippen molar-refractivity contribution < 1.29 is 20.1 Å². The Bertz CT molecular complexity index is 162. The molecule has 0 saturated carbocycles. The molecule has 1 fully saturated rings. The van der Waals surface area contributed by atoms with Crippen molar-refractivity contribution in [1.29, 1.82) is 0 Å². The van der Waals surface area contributed by atoms with Crippen molar-refractivity contribution in [3.05, 3.63) is 0 Å². The molecule has 1 heterocycles. The zero-order chi connectivity index (χ0) is 8.43. The summed E-state index contributed by atoms with van der Waals surface area (Å²) in [5.41, 5.74) is 0. The van der Waals surface area contributed by atoms with Crippen LogP contribution in [0.4, 0.5) is 0 Å². The maximum absolute atomic E-state index is 9.06. The molecule has 1 aliphatic heterocycles. The molecule has 1 rings (SSSR count). The Kier molecular flexibility index (Phi) is 2.47. The van der Waals surface area contributed by atoms with Crippen LogP contribution in [-0.2, 0) is 4.74 Å². The third kappa shape index (κ3) is 1.70. The second-order valence-corrected chi connectivity index (χ2v) is 2.48. The largest absolute Gasteiger partial charge is 0.390 e. The molecule has 4 nitrogen and oxygen atoms in total. The molecule has 0 aromatic carbocycles. The van der Waals surface area contributed by atoms with Gasteiger partial charge in [0.1, 0.15) is 12.2 Å². The van der Waals surface area contributed by atoms with Gasteiger partial charge in [0.2, 0.25) is 0 Å². The van der Waals surface area contributed by atoms with Gasteiger partial charge in [-0.3, -0.25) is 0 Å². The van der Waals surface area contributed by atoms with Crippen LogP contribution in [0.5, 0.6) is 0 Å². The summed E-state index contributed by atoms with van der Waals surface area (Å²) in [6.45, 7) is 0. The van der Waals surface area contributed by atoms with Crippen LogP contribution < -0.4 is 0 Å². The van der Waals surface area contributed by atoms with E-state index >= 15 is 0 Å². The fourth-order valence-electron chi connectivity index (χ4n) is 0.960. The highest BCUT2D eigenvalue weighted by Crippen LogP contribution is 2.17. The van der Waals surface area contributed by atoms with Gasteiger partial charge in [0.25, 0.3) is 0 Å². The summed E-state index contributed by atoms with van der Waals surface area (Å²) in [5.74, 6) is 2.23. The minimum Gasteiger partial charge on any atom is -0.390 e. The standard InChI is InChI=1S/C7H10O4/c1-2-4-3-5(8)6(9)7(10)11-4/h1,4-10H,3H2/t4?,5-,6?,7?/m1/s1. The molecule has 11 heavy (non-hydrogen) atoms. The fraction of sp³-hybridized carbons (Fsp3) is 0.714. The first kappa shape index (κ1) is 8.50. The Morgan fingerprint density at radius 3 is 2.45 bits per heavy atom. The maximum Gasteiger partial charge on any atom is 0.184 e. The van der Waals surface area contributed by atoms with E-state index in [-0.39, 0.29) is 6.42 Å². The van der Waals surface area contributed by atoms with Crippen molar-refractivity contribution in [3.8, 4) is 12.3 Å². The van der Waals surface area contributed by atoms with E-state index in [9.17, 15) is 0 Å². The Labute approximate surface area is 64.4 Å². The third-order valence-corrected chi connectivity index (χ3v) is 1.63. The number of rotatable bonds is 0. The van der Waals surface area contributed by atoms with E-state index in [1.807, 2.05) is 0 Å². The normalized spacial score (nSPS) is 44.9. The summed E-state index contributed by atoms with van der Waals surface area (Å²) < 4.78 is 4.73. The molecule has 0 amide bonds. The monoisotopic (exact) mass is 158 g/mol. The van der Waals surface area contributed by atoms with Gasteiger partial charge in [0, 0.05) is 6.42 Å². The zero-order valence-corrected chi connectivity index (χ0v) is 5.84.